The van der Waals surface area contributed by atoms with Crippen LogP contribution in [0.5, 0.6) is 0 Å². The molecule has 4 rings (SSSR count). The molecule has 0 aromatic heterocycles. The molecule has 4 amide bonds. The van der Waals surface area contributed by atoms with Gasteiger partial charge in [0.1, 0.15) is 5.82 Å². The zero-order valence-corrected chi connectivity index (χ0v) is 17.8. The molecule has 9 heteroatoms. The summed E-state index contributed by atoms with van der Waals surface area (Å²) in [5.74, 6) is -2.25. The Kier molecular flexibility index (Phi) is 6.36. The van der Waals surface area contributed by atoms with E-state index >= 15 is 0 Å². The molecule has 2 aliphatic heterocycles. The molecule has 32 heavy (non-hydrogen) atoms. The first-order valence-electron chi connectivity index (χ1n) is 10.1. The van der Waals surface area contributed by atoms with Gasteiger partial charge in [-0.1, -0.05) is 42.5 Å². The number of rotatable bonds is 6. The number of amides is 4. The number of imide groups is 1. The molecule has 0 radical (unpaired) electrons. The van der Waals surface area contributed by atoms with E-state index in [0.717, 1.165) is 22.2 Å². The molecular formula is C23H20FN3O4S. The molecule has 2 aromatic carbocycles. The van der Waals surface area contributed by atoms with Crippen molar-refractivity contribution in [1.82, 2.24) is 10.2 Å². The lowest BCUT2D eigenvalue weighted by molar-refractivity contribution is -0.127. The molecule has 0 saturated carbocycles. The van der Waals surface area contributed by atoms with Gasteiger partial charge < -0.3 is 10.2 Å². The average molecular weight is 453 g/mol. The summed E-state index contributed by atoms with van der Waals surface area (Å²) in [6.07, 6.45) is 1.63. The fraction of sp³-hybridized carbons (Fsp3) is 0.217. The molecule has 1 atom stereocenters. The summed E-state index contributed by atoms with van der Waals surface area (Å²) < 4.78 is 14.0. The van der Waals surface area contributed by atoms with Crippen molar-refractivity contribution < 1.29 is 23.6 Å². The van der Waals surface area contributed by atoms with E-state index < -0.39 is 22.9 Å². The van der Waals surface area contributed by atoms with E-state index in [1.807, 2.05) is 30.3 Å². The van der Waals surface area contributed by atoms with E-state index in [1.165, 1.54) is 23.1 Å². The molecule has 0 spiro atoms. The van der Waals surface area contributed by atoms with Crippen LogP contribution in [0.2, 0.25) is 0 Å². The van der Waals surface area contributed by atoms with Crippen molar-refractivity contribution in [2.45, 2.75) is 6.42 Å². The van der Waals surface area contributed by atoms with E-state index in [2.05, 4.69) is 5.32 Å². The van der Waals surface area contributed by atoms with Crippen LogP contribution in [0.25, 0.3) is 6.08 Å². The van der Waals surface area contributed by atoms with Crippen LogP contribution in [0.15, 0.2) is 59.5 Å². The highest BCUT2D eigenvalue weighted by Gasteiger charge is 2.37. The van der Waals surface area contributed by atoms with Gasteiger partial charge >= 0.3 is 0 Å². The first kappa shape index (κ1) is 21.8. The molecule has 2 fully saturated rings. The molecule has 0 bridgehead atoms. The number of halogens is 1. The lowest BCUT2D eigenvalue weighted by Gasteiger charge is -2.17. The number of carbonyl (C=O) groups excluding carboxylic acids is 4. The first-order chi connectivity index (χ1) is 15.4. The minimum atomic E-state index is -0.630. The maximum Gasteiger partial charge on any atom is 0.293 e. The summed E-state index contributed by atoms with van der Waals surface area (Å²) in [5.41, 5.74) is 0.965. The van der Waals surface area contributed by atoms with Gasteiger partial charge in [-0.3, -0.25) is 24.1 Å². The minimum absolute atomic E-state index is 0.0262. The molecule has 7 nitrogen and oxygen atoms in total. The predicted octanol–water partition coefficient (Wildman–Crippen LogP) is 3.03. The standard InChI is InChI=1S/C23H20FN3O4S/c24-17-8-4-5-9-18(17)27-14-16(13-20(27)28)21(29)25-10-11-26-22(30)19(32-23(26)31)12-15-6-2-1-3-7-15/h1-9,12,16H,10-11,13-14H2,(H,25,29)/b19-12-. The fourth-order valence-corrected chi connectivity index (χ4v) is 4.48. The molecular weight excluding hydrogens is 433 g/mol. The van der Waals surface area contributed by atoms with Gasteiger partial charge in [0.05, 0.1) is 16.5 Å². The number of thioether (sulfide) groups is 1. The number of hydrogen-bond donors (Lipinski definition) is 1. The lowest BCUT2D eigenvalue weighted by Crippen LogP contribution is -2.40. The topological polar surface area (TPSA) is 86.8 Å². The third-order valence-electron chi connectivity index (χ3n) is 5.24. The monoisotopic (exact) mass is 453 g/mol. The van der Waals surface area contributed by atoms with Crippen molar-refractivity contribution in [2.24, 2.45) is 5.92 Å². The van der Waals surface area contributed by atoms with Crippen molar-refractivity contribution in [3.05, 3.63) is 70.9 Å². The second-order valence-electron chi connectivity index (χ2n) is 7.39. The zero-order valence-electron chi connectivity index (χ0n) is 17.0. The molecule has 2 saturated heterocycles. The minimum Gasteiger partial charge on any atom is -0.354 e. The Balaban J connectivity index is 1.31. The van der Waals surface area contributed by atoms with Crippen LogP contribution < -0.4 is 10.2 Å². The van der Waals surface area contributed by atoms with Gasteiger partial charge in [-0.05, 0) is 35.5 Å². The summed E-state index contributed by atoms with van der Waals surface area (Å²) in [6.45, 7) is 0.174. The SMILES string of the molecule is O=C(NCCN1C(=O)S/C(=C\c2ccccc2)C1=O)C1CC(=O)N(c2ccccc2F)C1. The summed E-state index contributed by atoms with van der Waals surface area (Å²) in [7, 11) is 0. The molecule has 2 heterocycles. The Labute approximate surface area is 188 Å². The van der Waals surface area contributed by atoms with Gasteiger partial charge in [-0.2, -0.15) is 0 Å². The summed E-state index contributed by atoms with van der Waals surface area (Å²) >= 11 is 0.859. The highest BCUT2D eigenvalue weighted by molar-refractivity contribution is 8.18. The van der Waals surface area contributed by atoms with Gasteiger partial charge in [0.2, 0.25) is 11.8 Å². The molecule has 1 unspecified atom stereocenters. The van der Waals surface area contributed by atoms with E-state index in [4.69, 9.17) is 0 Å². The van der Waals surface area contributed by atoms with Crippen molar-refractivity contribution in [3.8, 4) is 0 Å². The molecule has 0 aliphatic carbocycles. The Morgan fingerprint density at radius 1 is 1.09 bits per heavy atom. The van der Waals surface area contributed by atoms with E-state index in [0.29, 0.717) is 4.91 Å². The molecule has 164 valence electrons. The predicted molar refractivity (Wildman–Crippen MR) is 119 cm³/mol. The number of nitrogens with one attached hydrogen (secondary N) is 1. The van der Waals surface area contributed by atoms with E-state index in [1.54, 1.807) is 12.1 Å². The normalized spacial score (nSPS) is 19.8. The Morgan fingerprint density at radius 3 is 2.56 bits per heavy atom. The van der Waals surface area contributed by atoms with Gasteiger partial charge in [-0.25, -0.2) is 4.39 Å². The number of para-hydroxylation sites is 1. The number of benzene rings is 2. The Hall–Kier alpha value is -3.46. The first-order valence-corrected chi connectivity index (χ1v) is 10.9. The number of nitrogens with zero attached hydrogens (tertiary/aromatic N) is 2. The molecule has 1 N–H and O–H groups in total. The number of anilines is 1. The third kappa shape index (κ3) is 4.57. The van der Waals surface area contributed by atoms with E-state index in [-0.39, 0.29) is 43.6 Å². The van der Waals surface area contributed by atoms with Crippen molar-refractivity contribution in [2.75, 3.05) is 24.5 Å². The quantitative estimate of drug-likeness (QED) is 0.680. The van der Waals surface area contributed by atoms with Gasteiger partial charge in [0.25, 0.3) is 11.1 Å². The second-order valence-corrected chi connectivity index (χ2v) is 8.39. The Morgan fingerprint density at radius 2 is 1.81 bits per heavy atom. The van der Waals surface area contributed by atoms with Crippen molar-refractivity contribution in [3.63, 3.8) is 0 Å². The van der Waals surface area contributed by atoms with Gasteiger partial charge in [0, 0.05) is 26.1 Å². The third-order valence-corrected chi connectivity index (χ3v) is 6.15. The highest BCUT2D eigenvalue weighted by Crippen LogP contribution is 2.32. The van der Waals surface area contributed by atoms with Crippen LogP contribution in [0.4, 0.5) is 14.9 Å². The van der Waals surface area contributed by atoms with Crippen LogP contribution in [0.1, 0.15) is 12.0 Å². The van der Waals surface area contributed by atoms with Crippen molar-refractivity contribution in [1.29, 1.82) is 0 Å². The molecule has 2 aromatic rings. The zero-order chi connectivity index (χ0) is 22.7. The fourth-order valence-electron chi connectivity index (χ4n) is 3.62. The summed E-state index contributed by atoms with van der Waals surface area (Å²) in [5, 5.41) is 2.28. The maximum atomic E-state index is 14.0. The summed E-state index contributed by atoms with van der Waals surface area (Å²) in [4.78, 5) is 52.2. The second kappa shape index (κ2) is 9.35. The van der Waals surface area contributed by atoms with Crippen molar-refractivity contribution >= 4 is 46.5 Å². The largest absolute Gasteiger partial charge is 0.354 e. The maximum absolute atomic E-state index is 14.0. The van der Waals surface area contributed by atoms with Crippen LogP contribution in [0.3, 0.4) is 0 Å². The summed E-state index contributed by atoms with van der Waals surface area (Å²) in [6, 6.07) is 15.1. The van der Waals surface area contributed by atoms with Crippen LogP contribution in [-0.4, -0.2) is 47.5 Å². The number of hydrogen-bond acceptors (Lipinski definition) is 5. The average Bonchev–Trinajstić information content (AvgIpc) is 3.29. The van der Waals surface area contributed by atoms with Gasteiger partial charge in [0.15, 0.2) is 0 Å². The lowest BCUT2D eigenvalue weighted by atomic mass is 10.1. The number of carbonyl (C=O) groups is 4. The highest BCUT2D eigenvalue weighted by atomic mass is 32.2. The van der Waals surface area contributed by atoms with Crippen LogP contribution >= 0.6 is 11.8 Å². The smallest absolute Gasteiger partial charge is 0.293 e. The Bertz CT molecular complexity index is 1110. The van der Waals surface area contributed by atoms with Gasteiger partial charge in [-0.15, -0.1) is 0 Å². The van der Waals surface area contributed by atoms with Crippen LogP contribution in [0, 0.1) is 11.7 Å². The van der Waals surface area contributed by atoms with Crippen LogP contribution in [-0.2, 0) is 14.4 Å². The molecule has 2 aliphatic rings. The van der Waals surface area contributed by atoms with E-state index in [9.17, 15) is 23.6 Å².